The number of methoxy groups -OCH3 is 1. The topological polar surface area (TPSA) is 64.6 Å². The summed E-state index contributed by atoms with van der Waals surface area (Å²) in [6, 6.07) is 15.1. The Morgan fingerprint density at radius 3 is 2.54 bits per heavy atom. The van der Waals surface area contributed by atoms with Crippen molar-refractivity contribution < 1.29 is 19.1 Å². The van der Waals surface area contributed by atoms with E-state index in [9.17, 15) is 9.59 Å². The molecule has 0 aromatic heterocycles. The van der Waals surface area contributed by atoms with Crippen LogP contribution in [0.15, 0.2) is 48.5 Å². The average molecular weight is 327 g/mol. The molecule has 2 aromatic rings. The number of benzene rings is 2. The number of carbonyl (C=O) groups excluding carboxylic acids is 2. The fourth-order valence-electron chi connectivity index (χ4n) is 2.23. The van der Waals surface area contributed by atoms with Gasteiger partial charge in [0.15, 0.2) is 6.61 Å². The summed E-state index contributed by atoms with van der Waals surface area (Å²) in [5, 5.41) is 2.73. The van der Waals surface area contributed by atoms with Crippen molar-refractivity contribution in [3.05, 3.63) is 65.2 Å². The molecule has 1 amide bonds. The molecular formula is C19H21NO4. The van der Waals surface area contributed by atoms with E-state index in [1.165, 1.54) is 7.11 Å². The normalized spacial score (nSPS) is 10.1. The molecule has 0 heterocycles. The molecule has 0 saturated heterocycles. The molecule has 5 nitrogen and oxygen atoms in total. The Kier molecular flexibility index (Phi) is 6.37. The van der Waals surface area contributed by atoms with Gasteiger partial charge >= 0.3 is 5.97 Å². The summed E-state index contributed by atoms with van der Waals surface area (Å²) < 4.78 is 10.2. The minimum Gasteiger partial charge on any atom is -0.496 e. The third kappa shape index (κ3) is 5.12. The zero-order valence-corrected chi connectivity index (χ0v) is 13.9. The Labute approximate surface area is 141 Å². The molecule has 2 aromatic carbocycles. The lowest BCUT2D eigenvalue weighted by Crippen LogP contribution is -2.30. The van der Waals surface area contributed by atoms with Crippen LogP contribution in [0.2, 0.25) is 0 Å². The predicted molar refractivity (Wildman–Crippen MR) is 91.2 cm³/mol. The second-order valence-corrected chi connectivity index (χ2v) is 5.37. The fourth-order valence-corrected chi connectivity index (χ4v) is 2.23. The Balaban J connectivity index is 1.79. The van der Waals surface area contributed by atoms with Gasteiger partial charge in [-0.05, 0) is 31.0 Å². The molecule has 0 aliphatic carbocycles. The highest BCUT2D eigenvalue weighted by atomic mass is 16.5. The van der Waals surface area contributed by atoms with Crippen LogP contribution in [0.1, 0.15) is 21.5 Å². The van der Waals surface area contributed by atoms with Gasteiger partial charge in [-0.2, -0.15) is 0 Å². The highest BCUT2D eigenvalue weighted by Gasteiger charge is 2.15. The molecular weight excluding hydrogens is 306 g/mol. The van der Waals surface area contributed by atoms with Crippen molar-refractivity contribution in [2.45, 2.75) is 13.3 Å². The van der Waals surface area contributed by atoms with Crippen LogP contribution in [0.4, 0.5) is 0 Å². The van der Waals surface area contributed by atoms with E-state index in [0.29, 0.717) is 17.9 Å². The van der Waals surface area contributed by atoms with E-state index >= 15 is 0 Å². The van der Waals surface area contributed by atoms with Gasteiger partial charge in [-0.3, -0.25) is 4.79 Å². The van der Waals surface area contributed by atoms with E-state index in [-0.39, 0.29) is 12.5 Å². The van der Waals surface area contributed by atoms with Gasteiger partial charge in [0.2, 0.25) is 0 Å². The lowest BCUT2D eigenvalue weighted by atomic mass is 10.1. The molecule has 0 aliphatic rings. The summed E-state index contributed by atoms with van der Waals surface area (Å²) in [4.78, 5) is 23.9. The largest absolute Gasteiger partial charge is 0.496 e. The van der Waals surface area contributed by atoms with Crippen LogP contribution < -0.4 is 10.1 Å². The maximum absolute atomic E-state index is 12.1. The Bertz CT molecular complexity index is 698. The standard InChI is InChI=1S/C19H21NO4/c1-14-8-9-17(23-2)16(12-14)19(22)24-13-18(21)20-11-10-15-6-4-3-5-7-15/h3-9,12H,10-11,13H2,1-2H3,(H,20,21). The zero-order chi connectivity index (χ0) is 17.4. The molecule has 0 aliphatic heterocycles. The minimum absolute atomic E-state index is 0.314. The number of hydrogen-bond acceptors (Lipinski definition) is 4. The van der Waals surface area contributed by atoms with Crippen LogP contribution >= 0.6 is 0 Å². The monoisotopic (exact) mass is 327 g/mol. The number of carbonyl (C=O) groups is 2. The maximum Gasteiger partial charge on any atom is 0.342 e. The number of esters is 1. The highest BCUT2D eigenvalue weighted by Crippen LogP contribution is 2.20. The summed E-state index contributed by atoms with van der Waals surface area (Å²) in [6.45, 7) is 2.05. The quantitative estimate of drug-likeness (QED) is 0.794. The van der Waals surface area contributed by atoms with Crippen LogP contribution in [-0.4, -0.2) is 32.1 Å². The minimum atomic E-state index is -0.575. The summed E-state index contributed by atoms with van der Waals surface area (Å²) in [6.07, 6.45) is 0.728. The predicted octanol–water partition coefficient (Wildman–Crippen LogP) is 2.52. The van der Waals surface area contributed by atoms with Crippen molar-refractivity contribution >= 4 is 11.9 Å². The van der Waals surface area contributed by atoms with E-state index in [1.807, 2.05) is 43.3 Å². The summed E-state index contributed by atoms with van der Waals surface area (Å²) in [5.74, 6) is -0.477. The molecule has 2 rings (SSSR count). The van der Waals surface area contributed by atoms with E-state index in [2.05, 4.69) is 5.32 Å². The van der Waals surface area contributed by atoms with Crippen molar-refractivity contribution in [3.63, 3.8) is 0 Å². The maximum atomic E-state index is 12.1. The zero-order valence-electron chi connectivity index (χ0n) is 13.9. The van der Waals surface area contributed by atoms with Crippen LogP contribution in [0.25, 0.3) is 0 Å². The molecule has 0 spiro atoms. The van der Waals surface area contributed by atoms with Crippen LogP contribution in [-0.2, 0) is 16.0 Å². The van der Waals surface area contributed by atoms with Gasteiger partial charge in [-0.1, -0.05) is 42.0 Å². The first-order valence-electron chi connectivity index (χ1n) is 7.72. The summed E-state index contributed by atoms with van der Waals surface area (Å²) in [5.41, 5.74) is 2.36. The van der Waals surface area contributed by atoms with Crippen molar-refractivity contribution in [2.75, 3.05) is 20.3 Å². The Morgan fingerprint density at radius 1 is 1.08 bits per heavy atom. The van der Waals surface area contributed by atoms with Crippen molar-refractivity contribution in [2.24, 2.45) is 0 Å². The number of aryl methyl sites for hydroxylation is 1. The first-order chi connectivity index (χ1) is 11.6. The molecule has 0 saturated carbocycles. The smallest absolute Gasteiger partial charge is 0.342 e. The van der Waals surface area contributed by atoms with Crippen LogP contribution in [0.5, 0.6) is 5.75 Å². The molecule has 0 fully saturated rings. The van der Waals surface area contributed by atoms with Gasteiger partial charge in [0.1, 0.15) is 11.3 Å². The molecule has 0 bridgehead atoms. The molecule has 0 unspecified atom stereocenters. The number of rotatable bonds is 7. The first-order valence-corrected chi connectivity index (χ1v) is 7.72. The molecule has 1 N–H and O–H groups in total. The van der Waals surface area contributed by atoms with Crippen molar-refractivity contribution in [1.82, 2.24) is 5.32 Å². The molecule has 5 heteroatoms. The highest BCUT2D eigenvalue weighted by molar-refractivity contribution is 5.94. The average Bonchev–Trinajstić information content (AvgIpc) is 2.60. The van der Waals surface area contributed by atoms with Gasteiger partial charge in [-0.15, -0.1) is 0 Å². The van der Waals surface area contributed by atoms with E-state index in [1.54, 1.807) is 12.1 Å². The van der Waals surface area contributed by atoms with Crippen molar-refractivity contribution in [3.8, 4) is 5.75 Å². The number of ether oxygens (including phenoxy) is 2. The van der Waals surface area contributed by atoms with Gasteiger partial charge in [0.25, 0.3) is 5.91 Å². The molecule has 126 valence electrons. The van der Waals surface area contributed by atoms with E-state index < -0.39 is 5.97 Å². The van der Waals surface area contributed by atoms with Crippen LogP contribution in [0.3, 0.4) is 0 Å². The third-order valence-electron chi connectivity index (χ3n) is 3.49. The number of hydrogen-bond donors (Lipinski definition) is 1. The molecule has 24 heavy (non-hydrogen) atoms. The second kappa shape index (κ2) is 8.72. The Hall–Kier alpha value is -2.82. The third-order valence-corrected chi connectivity index (χ3v) is 3.49. The summed E-state index contributed by atoms with van der Waals surface area (Å²) in [7, 11) is 1.48. The lowest BCUT2D eigenvalue weighted by Gasteiger charge is -2.10. The van der Waals surface area contributed by atoms with Crippen LogP contribution in [0, 0.1) is 6.92 Å². The lowest BCUT2D eigenvalue weighted by molar-refractivity contribution is -0.124. The van der Waals surface area contributed by atoms with Gasteiger partial charge in [0.05, 0.1) is 7.11 Å². The number of amides is 1. The molecule has 0 atom stereocenters. The second-order valence-electron chi connectivity index (χ2n) is 5.37. The SMILES string of the molecule is COc1ccc(C)cc1C(=O)OCC(=O)NCCc1ccccc1. The first kappa shape index (κ1) is 17.5. The molecule has 0 radical (unpaired) electrons. The van der Waals surface area contributed by atoms with E-state index in [0.717, 1.165) is 17.5 Å². The van der Waals surface area contributed by atoms with E-state index in [4.69, 9.17) is 9.47 Å². The number of nitrogens with one attached hydrogen (secondary N) is 1. The van der Waals surface area contributed by atoms with Gasteiger partial charge < -0.3 is 14.8 Å². The van der Waals surface area contributed by atoms with Crippen molar-refractivity contribution in [1.29, 1.82) is 0 Å². The Morgan fingerprint density at radius 2 is 1.83 bits per heavy atom. The summed E-state index contributed by atoms with van der Waals surface area (Å²) >= 11 is 0. The van der Waals surface area contributed by atoms with Gasteiger partial charge in [-0.25, -0.2) is 4.79 Å². The fraction of sp³-hybridized carbons (Fsp3) is 0.263. The van der Waals surface area contributed by atoms with Gasteiger partial charge in [0, 0.05) is 6.54 Å².